The van der Waals surface area contributed by atoms with Crippen LogP contribution in [0.5, 0.6) is 0 Å². The molecule has 1 aliphatic carbocycles. The molecule has 0 aromatic carbocycles. The molecule has 0 amide bonds. The lowest BCUT2D eigenvalue weighted by Gasteiger charge is -2.37. The van der Waals surface area contributed by atoms with Crippen LogP contribution in [0, 0.1) is 5.92 Å². The van der Waals surface area contributed by atoms with Crippen molar-refractivity contribution in [1.82, 2.24) is 5.32 Å². The highest BCUT2D eigenvalue weighted by atomic mass is 16.3. The van der Waals surface area contributed by atoms with Crippen molar-refractivity contribution in [3.63, 3.8) is 0 Å². The highest BCUT2D eigenvalue weighted by Gasteiger charge is 2.40. The molecule has 2 heteroatoms. The van der Waals surface area contributed by atoms with E-state index in [1.807, 2.05) is 0 Å². The quantitative estimate of drug-likeness (QED) is 0.710. The summed E-state index contributed by atoms with van der Waals surface area (Å²) >= 11 is 0. The monoisotopic (exact) mass is 197 g/mol. The van der Waals surface area contributed by atoms with Gasteiger partial charge in [0.1, 0.15) is 0 Å². The van der Waals surface area contributed by atoms with Crippen LogP contribution in [0.15, 0.2) is 0 Å². The fourth-order valence-corrected chi connectivity index (χ4v) is 3.28. The maximum Gasteiger partial charge on any atom is 0.0584 e. The Bertz CT molecular complexity index is 189. The molecule has 2 rings (SSSR count). The number of aliphatic hydroxyl groups is 1. The standard InChI is InChI=1S/C12H23NO/c1-12(8-7-11(9-14)13-12)10-5-3-2-4-6-10/h10-11,13-14H,2-9H2,1H3. The second-order valence-corrected chi connectivity index (χ2v) is 5.31. The molecule has 2 nitrogen and oxygen atoms in total. The zero-order valence-corrected chi connectivity index (χ0v) is 9.26. The van der Waals surface area contributed by atoms with Crippen LogP contribution in [-0.4, -0.2) is 23.3 Å². The van der Waals surface area contributed by atoms with Gasteiger partial charge in [-0.25, -0.2) is 0 Å². The Morgan fingerprint density at radius 2 is 1.93 bits per heavy atom. The first kappa shape index (κ1) is 10.4. The summed E-state index contributed by atoms with van der Waals surface area (Å²) in [5.74, 6) is 0.854. The Morgan fingerprint density at radius 1 is 1.21 bits per heavy atom. The minimum atomic E-state index is 0.308. The molecule has 1 aliphatic heterocycles. The van der Waals surface area contributed by atoms with E-state index in [1.54, 1.807) is 0 Å². The second-order valence-electron chi connectivity index (χ2n) is 5.31. The molecule has 2 aliphatic rings. The average molecular weight is 197 g/mol. The Morgan fingerprint density at radius 3 is 2.50 bits per heavy atom. The minimum absolute atomic E-state index is 0.308. The fraction of sp³-hybridized carbons (Fsp3) is 1.00. The van der Waals surface area contributed by atoms with Crippen molar-refractivity contribution in [2.45, 2.75) is 63.5 Å². The highest BCUT2D eigenvalue weighted by molar-refractivity contribution is 4.99. The van der Waals surface area contributed by atoms with Crippen molar-refractivity contribution in [3.05, 3.63) is 0 Å². The lowest BCUT2D eigenvalue weighted by Crippen LogP contribution is -2.48. The summed E-state index contributed by atoms with van der Waals surface area (Å²) < 4.78 is 0. The van der Waals surface area contributed by atoms with Crippen LogP contribution in [0.25, 0.3) is 0 Å². The molecular weight excluding hydrogens is 174 g/mol. The first-order chi connectivity index (χ1) is 6.74. The van der Waals surface area contributed by atoms with Crippen molar-refractivity contribution in [3.8, 4) is 0 Å². The molecule has 0 bridgehead atoms. The number of aliphatic hydroxyl groups excluding tert-OH is 1. The summed E-state index contributed by atoms with van der Waals surface area (Å²) in [6.45, 7) is 2.67. The summed E-state index contributed by atoms with van der Waals surface area (Å²) in [5.41, 5.74) is 0.327. The van der Waals surface area contributed by atoms with Crippen molar-refractivity contribution >= 4 is 0 Å². The molecule has 14 heavy (non-hydrogen) atoms. The van der Waals surface area contributed by atoms with Gasteiger partial charge in [-0.05, 0) is 38.5 Å². The normalized spacial score (nSPS) is 40.3. The third-order valence-corrected chi connectivity index (χ3v) is 4.27. The van der Waals surface area contributed by atoms with E-state index in [9.17, 15) is 0 Å². The smallest absolute Gasteiger partial charge is 0.0584 e. The summed E-state index contributed by atoms with van der Waals surface area (Å²) in [5, 5.41) is 12.8. The van der Waals surface area contributed by atoms with Gasteiger partial charge in [0.2, 0.25) is 0 Å². The van der Waals surface area contributed by atoms with E-state index in [1.165, 1.54) is 38.5 Å². The van der Waals surface area contributed by atoms with Gasteiger partial charge in [-0.2, -0.15) is 0 Å². The number of rotatable bonds is 2. The molecule has 0 aromatic heterocycles. The van der Waals surface area contributed by atoms with Gasteiger partial charge in [0, 0.05) is 11.6 Å². The average Bonchev–Trinajstić information content (AvgIpc) is 2.63. The molecule has 1 saturated heterocycles. The molecule has 0 radical (unpaired) electrons. The molecule has 2 unspecified atom stereocenters. The van der Waals surface area contributed by atoms with Crippen LogP contribution >= 0.6 is 0 Å². The van der Waals surface area contributed by atoms with Gasteiger partial charge in [0.15, 0.2) is 0 Å². The lowest BCUT2D eigenvalue weighted by molar-refractivity contribution is 0.178. The Hall–Kier alpha value is -0.0800. The van der Waals surface area contributed by atoms with Crippen LogP contribution in [0.1, 0.15) is 51.9 Å². The van der Waals surface area contributed by atoms with Crippen molar-refractivity contribution in [2.24, 2.45) is 5.92 Å². The molecule has 0 aromatic rings. The van der Waals surface area contributed by atoms with E-state index >= 15 is 0 Å². The van der Waals surface area contributed by atoms with E-state index in [0.29, 0.717) is 18.2 Å². The predicted molar refractivity (Wildman–Crippen MR) is 58.2 cm³/mol. The maximum atomic E-state index is 9.13. The number of nitrogens with one attached hydrogen (secondary N) is 1. The second kappa shape index (κ2) is 4.19. The van der Waals surface area contributed by atoms with Crippen molar-refractivity contribution in [1.29, 1.82) is 0 Å². The zero-order valence-electron chi connectivity index (χ0n) is 9.26. The lowest BCUT2D eigenvalue weighted by atomic mass is 9.75. The fourth-order valence-electron chi connectivity index (χ4n) is 3.28. The predicted octanol–water partition coefficient (Wildman–Crippen LogP) is 2.07. The van der Waals surface area contributed by atoms with Gasteiger partial charge in [0.05, 0.1) is 6.61 Å². The van der Waals surface area contributed by atoms with Gasteiger partial charge in [-0.15, -0.1) is 0 Å². The molecule has 2 N–H and O–H groups in total. The first-order valence-corrected chi connectivity index (χ1v) is 6.13. The number of hydrogen-bond acceptors (Lipinski definition) is 2. The highest BCUT2D eigenvalue weighted by Crippen LogP contribution is 2.38. The maximum absolute atomic E-state index is 9.13. The zero-order chi connectivity index (χ0) is 10.0. The molecule has 82 valence electrons. The Labute approximate surface area is 87.1 Å². The van der Waals surface area contributed by atoms with Gasteiger partial charge >= 0.3 is 0 Å². The van der Waals surface area contributed by atoms with Gasteiger partial charge < -0.3 is 10.4 Å². The van der Waals surface area contributed by atoms with Gasteiger partial charge in [-0.1, -0.05) is 19.3 Å². The van der Waals surface area contributed by atoms with Crippen LogP contribution in [0.2, 0.25) is 0 Å². The third-order valence-electron chi connectivity index (χ3n) is 4.27. The largest absolute Gasteiger partial charge is 0.395 e. The van der Waals surface area contributed by atoms with Crippen LogP contribution < -0.4 is 5.32 Å². The molecule has 1 saturated carbocycles. The molecule has 2 fully saturated rings. The summed E-state index contributed by atoms with van der Waals surface area (Å²) in [6, 6.07) is 0.363. The van der Waals surface area contributed by atoms with E-state index < -0.39 is 0 Å². The summed E-state index contributed by atoms with van der Waals surface area (Å²) in [4.78, 5) is 0. The minimum Gasteiger partial charge on any atom is -0.395 e. The first-order valence-electron chi connectivity index (χ1n) is 6.13. The SMILES string of the molecule is CC1(C2CCCCC2)CCC(CO)N1. The summed E-state index contributed by atoms with van der Waals surface area (Å²) in [6.07, 6.45) is 9.43. The van der Waals surface area contributed by atoms with Crippen molar-refractivity contribution in [2.75, 3.05) is 6.61 Å². The molecule has 1 heterocycles. The Balaban J connectivity index is 1.94. The van der Waals surface area contributed by atoms with E-state index in [2.05, 4.69) is 12.2 Å². The van der Waals surface area contributed by atoms with Crippen LogP contribution in [0.3, 0.4) is 0 Å². The molecule has 0 spiro atoms. The van der Waals surface area contributed by atoms with Crippen LogP contribution in [-0.2, 0) is 0 Å². The van der Waals surface area contributed by atoms with E-state index in [-0.39, 0.29) is 0 Å². The topological polar surface area (TPSA) is 32.3 Å². The molecular formula is C12H23NO. The third kappa shape index (κ3) is 1.96. The van der Waals surface area contributed by atoms with Crippen molar-refractivity contribution < 1.29 is 5.11 Å². The van der Waals surface area contributed by atoms with E-state index in [0.717, 1.165) is 12.3 Å². The van der Waals surface area contributed by atoms with Gasteiger partial charge in [-0.3, -0.25) is 0 Å². The van der Waals surface area contributed by atoms with Gasteiger partial charge in [0.25, 0.3) is 0 Å². The Kier molecular flexibility index (Phi) is 3.13. The number of hydrogen-bond donors (Lipinski definition) is 2. The summed E-state index contributed by atoms with van der Waals surface area (Å²) in [7, 11) is 0. The van der Waals surface area contributed by atoms with E-state index in [4.69, 9.17) is 5.11 Å². The molecule has 2 atom stereocenters. The van der Waals surface area contributed by atoms with Crippen LogP contribution in [0.4, 0.5) is 0 Å².